The second-order valence-corrected chi connectivity index (χ2v) is 5.97. The largest absolute Gasteiger partial charge is 0.504 e. The van der Waals surface area contributed by atoms with Gasteiger partial charge >= 0.3 is 0 Å². The van der Waals surface area contributed by atoms with Crippen LogP contribution in [0.5, 0.6) is 5.75 Å². The van der Waals surface area contributed by atoms with Crippen LogP contribution in [0.15, 0.2) is 54.7 Å². The van der Waals surface area contributed by atoms with Gasteiger partial charge < -0.3 is 10.4 Å². The zero-order chi connectivity index (χ0) is 16.4. The number of aromatic nitrogens is 2. The van der Waals surface area contributed by atoms with Gasteiger partial charge in [-0.2, -0.15) is 5.10 Å². The Bertz CT molecular complexity index is 862. The minimum absolute atomic E-state index is 0.149. The highest BCUT2D eigenvalue weighted by atomic mass is 127. The van der Waals surface area contributed by atoms with Gasteiger partial charge in [0.05, 0.1) is 6.20 Å². The summed E-state index contributed by atoms with van der Waals surface area (Å²) in [6.45, 7) is 0. The van der Waals surface area contributed by atoms with E-state index in [1.54, 1.807) is 24.3 Å². The van der Waals surface area contributed by atoms with Crippen molar-refractivity contribution < 1.29 is 14.3 Å². The van der Waals surface area contributed by atoms with E-state index in [2.05, 4.69) is 33.0 Å². The average molecular weight is 423 g/mol. The second kappa shape index (κ2) is 6.37. The molecule has 3 rings (SSSR count). The number of carbonyl (C=O) groups excluding carboxylic acids is 1. The quantitative estimate of drug-likeness (QED) is 0.634. The summed E-state index contributed by atoms with van der Waals surface area (Å²) < 4.78 is 15.9. The molecule has 0 aliphatic heterocycles. The highest BCUT2D eigenvalue weighted by molar-refractivity contribution is 14.1. The summed E-state index contributed by atoms with van der Waals surface area (Å²) in [7, 11) is 0. The SMILES string of the molecule is O=C(Nc1ccc(I)cc1)c1nn(-c2ccccc2F)cc1O. The first-order valence-corrected chi connectivity index (χ1v) is 7.73. The van der Waals surface area contributed by atoms with Gasteiger partial charge in [-0.05, 0) is 59.0 Å². The molecule has 0 saturated carbocycles. The van der Waals surface area contributed by atoms with Gasteiger partial charge in [0.15, 0.2) is 11.4 Å². The summed E-state index contributed by atoms with van der Waals surface area (Å²) in [6.07, 6.45) is 1.20. The number of nitrogens with one attached hydrogen (secondary N) is 1. The third-order valence-electron chi connectivity index (χ3n) is 3.11. The number of benzene rings is 2. The van der Waals surface area contributed by atoms with Crippen molar-refractivity contribution in [3.63, 3.8) is 0 Å². The molecule has 5 nitrogen and oxygen atoms in total. The first-order valence-electron chi connectivity index (χ1n) is 6.65. The number of anilines is 1. The number of amides is 1. The van der Waals surface area contributed by atoms with Crippen LogP contribution in [0.2, 0.25) is 0 Å². The first kappa shape index (κ1) is 15.5. The molecule has 0 unspecified atom stereocenters. The predicted octanol–water partition coefficient (Wildman–Crippen LogP) is 3.57. The summed E-state index contributed by atoms with van der Waals surface area (Å²) in [5.74, 6) is -1.39. The van der Waals surface area contributed by atoms with Crippen molar-refractivity contribution in [2.24, 2.45) is 0 Å². The van der Waals surface area contributed by atoms with E-state index in [1.807, 2.05) is 12.1 Å². The lowest BCUT2D eigenvalue weighted by Crippen LogP contribution is -2.13. The number of para-hydroxylation sites is 1. The molecular formula is C16H11FIN3O2. The maximum atomic E-state index is 13.8. The van der Waals surface area contributed by atoms with Crippen molar-refractivity contribution in [3.8, 4) is 11.4 Å². The van der Waals surface area contributed by atoms with Gasteiger partial charge in [-0.15, -0.1) is 0 Å². The first-order chi connectivity index (χ1) is 11.0. The van der Waals surface area contributed by atoms with Crippen LogP contribution in [-0.2, 0) is 0 Å². The number of hydrogen-bond acceptors (Lipinski definition) is 3. The zero-order valence-corrected chi connectivity index (χ0v) is 13.9. The number of carbonyl (C=O) groups is 1. The summed E-state index contributed by atoms with van der Waals surface area (Å²) in [4.78, 5) is 12.2. The van der Waals surface area contributed by atoms with Crippen molar-refractivity contribution in [1.82, 2.24) is 9.78 Å². The smallest absolute Gasteiger partial charge is 0.280 e. The third-order valence-corrected chi connectivity index (χ3v) is 3.83. The molecule has 3 aromatic rings. The number of rotatable bonds is 3. The van der Waals surface area contributed by atoms with Crippen molar-refractivity contribution in [1.29, 1.82) is 0 Å². The fourth-order valence-corrected chi connectivity index (χ4v) is 2.37. The Balaban J connectivity index is 1.87. The molecule has 0 aliphatic carbocycles. The minimum Gasteiger partial charge on any atom is -0.504 e. The molecule has 0 aliphatic rings. The highest BCUT2D eigenvalue weighted by Crippen LogP contribution is 2.21. The molecule has 1 aromatic heterocycles. The fourth-order valence-electron chi connectivity index (χ4n) is 2.01. The molecule has 0 atom stereocenters. The van der Waals surface area contributed by atoms with Crippen LogP contribution < -0.4 is 5.32 Å². The zero-order valence-electron chi connectivity index (χ0n) is 11.7. The van der Waals surface area contributed by atoms with E-state index in [1.165, 1.54) is 18.3 Å². The minimum atomic E-state index is -0.571. The Hall–Kier alpha value is -2.42. The lowest BCUT2D eigenvalue weighted by molar-refractivity contribution is 0.101. The second-order valence-electron chi connectivity index (χ2n) is 4.72. The number of hydrogen-bond donors (Lipinski definition) is 2. The molecule has 1 heterocycles. The molecular weight excluding hydrogens is 412 g/mol. The third kappa shape index (κ3) is 3.34. The van der Waals surface area contributed by atoms with Crippen molar-refractivity contribution in [2.45, 2.75) is 0 Å². The Morgan fingerprint density at radius 1 is 1.17 bits per heavy atom. The van der Waals surface area contributed by atoms with Crippen molar-refractivity contribution in [2.75, 3.05) is 5.32 Å². The molecule has 0 bridgehead atoms. The summed E-state index contributed by atoms with van der Waals surface area (Å²) >= 11 is 2.16. The molecule has 0 fully saturated rings. The molecule has 1 amide bonds. The van der Waals surface area contributed by atoms with Crippen LogP contribution in [0.1, 0.15) is 10.5 Å². The summed E-state index contributed by atoms with van der Waals surface area (Å²) in [5, 5.41) is 16.5. The number of nitrogens with zero attached hydrogens (tertiary/aromatic N) is 2. The summed E-state index contributed by atoms with van der Waals surface area (Å²) in [5.41, 5.74) is 0.554. The van der Waals surface area contributed by atoms with Gasteiger partial charge in [0.25, 0.3) is 5.91 Å². The van der Waals surface area contributed by atoms with E-state index >= 15 is 0 Å². The van der Waals surface area contributed by atoms with Gasteiger partial charge in [0, 0.05) is 9.26 Å². The standard InChI is InChI=1S/C16H11FIN3O2/c17-12-3-1-2-4-13(12)21-9-14(22)15(20-21)16(23)19-11-7-5-10(18)6-8-11/h1-9,22H,(H,19,23). The average Bonchev–Trinajstić information content (AvgIpc) is 2.92. The van der Waals surface area contributed by atoms with Gasteiger partial charge in [-0.1, -0.05) is 12.1 Å². The number of aromatic hydroxyl groups is 1. The molecule has 0 spiro atoms. The van der Waals surface area contributed by atoms with E-state index in [0.29, 0.717) is 5.69 Å². The fraction of sp³-hybridized carbons (Fsp3) is 0. The normalized spacial score (nSPS) is 10.5. The topological polar surface area (TPSA) is 67.2 Å². The van der Waals surface area contributed by atoms with Crippen LogP contribution in [0.4, 0.5) is 10.1 Å². The Labute approximate surface area is 144 Å². The molecule has 2 N–H and O–H groups in total. The van der Waals surface area contributed by atoms with Crippen LogP contribution in [0.3, 0.4) is 0 Å². The monoisotopic (exact) mass is 423 g/mol. The molecule has 23 heavy (non-hydrogen) atoms. The molecule has 7 heteroatoms. The van der Waals surface area contributed by atoms with Gasteiger partial charge in [0.1, 0.15) is 11.5 Å². The van der Waals surface area contributed by atoms with Crippen molar-refractivity contribution >= 4 is 34.2 Å². The van der Waals surface area contributed by atoms with Crippen LogP contribution in [0, 0.1) is 9.39 Å². The van der Waals surface area contributed by atoms with E-state index in [4.69, 9.17) is 0 Å². The van der Waals surface area contributed by atoms with E-state index in [-0.39, 0.29) is 17.1 Å². The van der Waals surface area contributed by atoms with Crippen LogP contribution in [0.25, 0.3) is 5.69 Å². The van der Waals surface area contributed by atoms with E-state index in [9.17, 15) is 14.3 Å². The summed E-state index contributed by atoms with van der Waals surface area (Å²) in [6, 6.07) is 13.1. The lowest BCUT2D eigenvalue weighted by atomic mass is 10.3. The van der Waals surface area contributed by atoms with Gasteiger partial charge in [-0.25, -0.2) is 9.07 Å². The Morgan fingerprint density at radius 2 is 1.87 bits per heavy atom. The Kier molecular flexibility index (Phi) is 4.28. The van der Waals surface area contributed by atoms with E-state index in [0.717, 1.165) is 8.25 Å². The molecule has 0 radical (unpaired) electrons. The highest BCUT2D eigenvalue weighted by Gasteiger charge is 2.18. The van der Waals surface area contributed by atoms with E-state index < -0.39 is 11.7 Å². The van der Waals surface area contributed by atoms with Crippen molar-refractivity contribution in [3.05, 3.63) is 69.8 Å². The van der Waals surface area contributed by atoms with Gasteiger partial charge in [0.2, 0.25) is 0 Å². The lowest BCUT2D eigenvalue weighted by Gasteiger charge is -2.04. The Morgan fingerprint density at radius 3 is 2.57 bits per heavy atom. The molecule has 116 valence electrons. The van der Waals surface area contributed by atoms with Crippen LogP contribution >= 0.6 is 22.6 Å². The maximum Gasteiger partial charge on any atom is 0.280 e. The van der Waals surface area contributed by atoms with Crippen LogP contribution in [-0.4, -0.2) is 20.8 Å². The maximum absolute atomic E-state index is 13.8. The number of halogens is 2. The predicted molar refractivity (Wildman–Crippen MR) is 92.3 cm³/mol. The molecule has 2 aromatic carbocycles. The van der Waals surface area contributed by atoms with Gasteiger partial charge in [-0.3, -0.25) is 4.79 Å². The molecule has 0 saturated heterocycles.